The van der Waals surface area contributed by atoms with Crippen LogP contribution in [0.4, 0.5) is 0 Å². The molecule has 0 fully saturated rings. The first-order chi connectivity index (χ1) is 7.15. The maximum Gasteiger partial charge on any atom is -0.00457 e. The van der Waals surface area contributed by atoms with Crippen LogP contribution in [0.3, 0.4) is 0 Å². The summed E-state index contributed by atoms with van der Waals surface area (Å²) in [6, 6.07) is 4.55. The van der Waals surface area contributed by atoms with Crippen LogP contribution in [0.15, 0.2) is 12.1 Å². The zero-order chi connectivity index (χ0) is 11.3. The Morgan fingerprint density at radius 2 is 1.73 bits per heavy atom. The molecule has 0 spiro atoms. The predicted molar refractivity (Wildman–Crippen MR) is 66.9 cm³/mol. The minimum atomic E-state index is 0.700. The third-order valence-corrected chi connectivity index (χ3v) is 2.84. The quantitative estimate of drug-likeness (QED) is 0.733. The van der Waals surface area contributed by atoms with E-state index < -0.39 is 0 Å². The molecule has 1 aromatic carbocycles. The Kier molecular flexibility index (Phi) is 4.83. The molecule has 0 amide bonds. The van der Waals surface area contributed by atoms with Crippen molar-refractivity contribution in [1.29, 1.82) is 0 Å². The zero-order valence-corrected chi connectivity index (χ0v) is 10.1. The van der Waals surface area contributed by atoms with Crippen LogP contribution >= 0.6 is 0 Å². The fourth-order valence-corrected chi connectivity index (χ4v) is 2.15. The average molecular weight is 204 g/mol. The van der Waals surface area contributed by atoms with Crippen molar-refractivity contribution in [1.82, 2.24) is 0 Å². The molecule has 0 bridgehead atoms. The first-order valence-electron chi connectivity index (χ1n) is 5.73. The molecule has 0 atom stereocenters. The third kappa shape index (κ3) is 3.67. The highest BCUT2D eigenvalue weighted by Crippen LogP contribution is 2.18. The maximum absolute atomic E-state index is 5.43. The molecule has 0 aromatic heterocycles. The molecule has 1 nitrogen and oxygen atoms in total. The van der Waals surface area contributed by atoms with Gasteiger partial charge in [-0.05, 0) is 69.7 Å². The number of rotatable bonds is 5. The monoisotopic (exact) mass is 204 g/mol. The minimum Gasteiger partial charge on any atom is -0.330 e. The summed E-state index contributed by atoms with van der Waals surface area (Å²) in [4.78, 5) is 0. The van der Waals surface area contributed by atoms with Gasteiger partial charge in [-0.25, -0.2) is 0 Å². The molecule has 1 radical (unpaired) electrons. The summed E-state index contributed by atoms with van der Waals surface area (Å²) in [6.07, 6.45) is 5.67. The summed E-state index contributed by atoms with van der Waals surface area (Å²) >= 11 is 0. The van der Waals surface area contributed by atoms with Gasteiger partial charge in [0.1, 0.15) is 0 Å². The molecular formula is C14H22N. The van der Waals surface area contributed by atoms with Crippen LogP contribution in [0.2, 0.25) is 0 Å². The van der Waals surface area contributed by atoms with E-state index in [0.717, 1.165) is 6.42 Å². The Labute approximate surface area is 93.7 Å². The summed E-state index contributed by atoms with van der Waals surface area (Å²) in [5, 5.41) is 0. The first kappa shape index (κ1) is 12.3. The van der Waals surface area contributed by atoms with E-state index in [1.165, 1.54) is 35.1 Å². The molecule has 0 aliphatic carbocycles. The Morgan fingerprint density at radius 1 is 1.13 bits per heavy atom. The summed E-state index contributed by atoms with van der Waals surface area (Å²) in [7, 11) is 0. The van der Waals surface area contributed by atoms with Crippen LogP contribution in [-0.2, 0) is 6.42 Å². The number of benzene rings is 1. The van der Waals surface area contributed by atoms with Crippen molar-refractivity contribution < 1.29 is 0 Å². The van der Waals surface area contributed by atoms with E-state index in [-0.39, 0.29) is 0 Å². The molecule has 83 valence electrons. The molecule has 0 aliphatic rings. The molecule has 0 aliphatic heterocycles. The third-order valence-electron chi connectivity index (χ3n) is 2.84. The molecule has 0 saturated heterocycles. The van der Waals surface area contributed by atoms with Gasteiger partial charge in [-0.15, -0.1) is 0 Å². The van der Waals surface area contributed by atoms with Gasteiger partial charge < -0.3 is 5.73 Å². The highest BCUT2D eigenvalue weighted by molar-refractivity contribution is 5.37. The Bertz CT molecular complexity index is 292. The van der Waals surface area contributed by atoms with Gasteiger partial charge in [-0.1, -0.05) is 17.7 Å². The number of hydrogen-bond acceptors (Lipinski definition) is 1. The highest BCUT2D eigenvalue weighted by atomic mass is 14.5. The van der Waals surface area contributed by atoms with E-state index in [4.69, 9.17) is 5.73 Å². The average Bonchev–Trinajstić information content (AvgIpc) is 2.15. The molecule has 0 unspecified atom stereocenters. The molecule has 0 heterocycles. The minimum absolute atomic E-state index is 0.700. The summed E-state index contributed by atoms with van der Waals surface area (Å²) in [6.45, 7) is 7.28. The predicted octanol–water partition coefficient (Wildman–Crippen LogP) is 3.10. The lowest BCUT2D eigenvalue weighted by molar-refractivity contribution is 0.784. The molecule has 2 N–H and O–H groups in total. The van der Waals surface area contributed by atoms with Crippen molar-refractivity contribution in [3.05, 3.63) is 40.8 Å². The molecule has 15 heavy (non-hydrogen) atoms. The van der Waals surface area contributed by atoms with Gasteiger partial charge in [0, 0.05) is 0 Å². The molecule has 1 rings (SSSR count). The van der Waals surface area contributed by atoms with Gasteiger partial charge in [-0.3, -0.25) is 0 Å². The standard InChI is InChI=1S/C14H22N/c1-11-9-12(2)14(13(3)10-11)7-5-4-6-8-15/h6,9-10H,4-5,7-8,15H2,1-3H3. The van der Waals surface area contributed by atoms with E-state index in [1.807, 2.05) is 0 Å². The topological polar surface area (TPSA) is 26.0 Å². The summed E-state index contributed by atoms with van der Waals surface area (Å²) in [5.41, 5.74) is 11.2. The van der Waals surface area contributed by atoms with Crippen LogP contribution in [0.25, 0.3) is 0 Å². The second-order valence-electron chi connectivity index (χ2n) is 4.29. The smallest absolute Gasteiger partial charge is 0.00457 e. The fourth-order valence-electron chi connectivity index (χ4n) is 2.15. The fraction of sp³-hybridized carbons (Fsp3) is 0.500. The first-order valence-corrected chi connectivity index (χ1v) is 5.73. The Balaban J connectivity index is 2.60. The van der Waals surface area contributed by atoms with Crippen LogP contribution in [-0.4, -0.2) is 6.54 Å². The second-order valence-corrected chi connectivity index (χ2v) is 4.29. The van der Waals surface area contributed by atoms with Crippen LogP contribution in [0.1, 0.15) is 35.1 Å². The second kappa shape index (κ2) is 5.92. The van der Waals surface area contributed by atoms with Gasteiger partial charge >= 0.3 is 0 Å². The zero-order valence-electron chi connectivity index (χ0n) is 10.1. The molecule has 0 saturated carbocycles. The number of unbranched alkanes of at least 4 members (excludes halogenated alkanes) is 2. The van der Waals surface area contributed by atoms with E-state index in [0.29, 0.717) is 6.54 Å². The molecule has 1 aromatic rings. The SMILES string of the molecule is Cc1cc(C)c(CCC[CH]CN)c(C)c1. The van der Waals surface area contributed by atoms with Crippen molar-refractivity contribution in [2.24, 2.45) is 5.73 Å². The van der Waals surface area contributed by atoms with Crippen molar-refractivity contribution in [2.75, 3.05) is 6.54 Å². The van der Waals surface area contributed by atoms with Gasteiger partial charge in [0.05, 0.1) is 0 Å². The largest absolute Gasteiger partial charge is 0.330 e. The maximum atomic E-state index is 5.43. The van der Waals surface area contributed by atoms with Crippen LogP contribution in [0, 0.1) is 27.2 Å². The van der Waals surface area contributed by atoms with Crippen molar-refractivity contribution in [2.45, 2.75) is 40.0 Å². The van der Waals surface area contributed by atoms with Gasteiger partial charge in [0.25, 0.3) is 0 Å². The number of nitrogens with two attached hydrogens (primary N) is 1. The lowest BCUT2D eigenvalue weighted by Gasteiger charge is -2.10. The van der Waals surface area contributed by atoms with E-state index >= 15 is 0 Å². The van der Waals surface area contributed by atoms with Gasteiger partial charge in [-0.2, -0.15) is 0 Å². The number of hydrogen-bond donors (Lipinski definition) is 1. The lowest BCUT2D eigenvalue weighted by Crippen LogP contribution is -2.00. The van der Waals surface area contributed by atoms with E-state index in [1.54, 1.807) is 0 Å². The Hall–Kier alpha value is -0.820. The lowest BCUT2D eigenvalue weighted by atomic mass is 9.95. The van der Waals surface area contributed by atoms with E-state index in [9.17, 15) is 0 Å². The van der Waals surface area contributed by atoms with Crippen molar-refractivity contribution >= 4 is 0 Å². The number of aryl methyl sites for hydroxylation is 3. The van der Waals surface area contributed by atoms with E-state index in [2.05, 4.69) is 39.3 Å². The van der Waals surface area contributed by atoms with Crippen LogP contribution in [0.5, 0.6) is 0 Å². The van der Waals surface area contributed by atoms with Crippen LogP contribution < -0.4 is 5.73 Å². The van der Waals surface area contributed by atoms with Gasteiger partial charge in [0.15, 0.2) is 0 Å². The molecule has 1 heteroatoms. The highest BCUT2D eigenvalue weighted by Gasteiger charge is 2.03. The normalized spacial score (nSPS) is 10.7. The van der Waals surface area contributed by atoms with Gasteiger partial charge in [0.2, 0.25) is 0 Å². The van der Waals surface area contributed by atoms with Crippen molar-refractivity contribution in [3.63, 3.8) is 0 Å². The summed E-state index contributed by atoms with van der Waals surface area (Å²) < 4.78 is 0. The summed E-state index contributed by atoms with van der Waals surface area (Å²) in [5.74, 6) is 0. The Morgan fingerprint density at radius 3 is 2.27 bits per heavy atom. The van der Waals surface area contributed by atoms with Crippen molar-refractivity contribution in [3.8, 4) is 0 Å². The molecular weight excluding hydrogens is 182 g/mol.